The van der Waals surface area contributed by atoms with Crippen LogP contribution in [-0.4, -0.2) is 28.8 Å². The first kappa shape index (κ1) is 15.1. The highest BCUT2D eigenvalue weighted by atomic mass is 16.6. The predicted molar refractivity (Wildman–Crippen MR) is 74.3 cm³/mol. The minimum Gasteiger partial charge on any atom is -0.481 e. The van der Waals surface area contributed by atoms with E-state index in [4.69, 9.17) is 9.84 Å². The van der Waals surface area contributed by atoms with Gasteiger partial charge < -0.3 is 15.2 Å². The molecule has 0 bridgehead atoms. The molecule has 1 unspecified atom stereocenters. The van der Waals surface area contributed by atoms with Crippen LogP contribution in [-0.2, 0) is 9.53 Å². The summed E-state index contributed by atoms with van der Waals surface area (Å²) >= 11 is 0. The molecule has 0 heterocycles. The third-order valence-corrected chi connectivity index (χ3v) is 4.57. The van der Waals surface area contributed by atoms with E-state index in [1.54, 1.807) is 6.92 Å². The van der Waals surface area contributed by atoms with Gasteiger partial charge in [-0.15, -0.1) is 0 Å². The molecule has 1 spiro atoms. The molecule has 0 aromatic rings. The maximum absolute atomic E-state index is 11.6. The smallest absolute Gasteiger partial charge is 0.407 e. The molecular weight excluding hydrogens is 258 g/mol. The van der Waals surface area contributed by atoms with E-state index in [2.05, 4.69) is 5.32 Å². The Kier molecular flexibility index (Phi) is 3.73. The summed E-state index contributed by atoms with van der Waals surface area (Å²) in [4.78, 5) is 22.6. The van der Waals surface area contributed by atoms with Crippen molar-refractivity contribution in [3.8, 4) is 0 Å². The van der Waals surface area contributed by atoms with Crippen LogP contribution in [0.25, 0.3) is 0 Å². The van der Waals surface area contributed by atoms with Gasteiger partial charge in [-0.05, 0) is 57.8 Å². The van der Waals surface area contributed by atoms with Crippen LogP contribution < -0.4 is 5.32 Å². The third-order valence-electron chi connectivity index (χ3n) is 4.57. The number of aliphatic carboxylic acids is 1. The van der Waals surface area contributed by atoms with Crippen molar-refractivity contribution >= 4 is 12.1 Å². The van der Waals surface area contributed by atoms with Crippen LogP contribution in [0.5, 0.6) is 0 Å². The lowest BCUT2D eigenvalue weighted by Gasteiger charge is -2.58. The monoisotopic (exact) mass is 283 g/mol. The highest BCUT2D eigenvalue weighted by molar-refractivity contribution is 5.70. The zero-order chi connectivity index (χ0) is 15.1. The molecule has 2 aliphatic carbocycles. The van der Waals surface area contributed by atoms with Crippen molar-refractivity contribution < 1.29 is 19.4 Å². The second kappa shape index (κ2) is 4.93. The van der Waals surface area contributed by atoms with Gasteiger partial charge in [-0.3, -0.25) is 4.79 Å². The summed E-state index contributed by atoms with van der Waals surface area (Å²) in [6, 6.07) is 0.186. The number of hydrogen-bond donors (Lipinski definition) is 2. The zero-order valence-corrected chi connectivity index (χ0v) is 12.7. The first-order valence-corrected chi connectivity index (χ1v) is 7.33. The van der Waals surface area contributed by atoms with Gasteiger partial charge in [0.15, 0.2) is 0 Å². The van der Waals surface area contributed by atoms with E-state index in [1.165, 1.54) is 0 Å². The fourth-order valence-corrected chi connectivity index (χ4v) is 3.50. The van der Waals surface area contributed by atoms with Gasteiger partial charge >= 0.3 is 12.1 Å². The van der Waals surface area contributed by atoms with Crippen LogP contribution in [0, 0.1) is 17.3 Å². The van der Waals surface area contributed by atoms with Gasteiger partial charge in [0.2, 0.25) is 0 Å². The Balaban J connectivity index is 1.69. The summed E-state index contributed by atoms with van der Waals surface area (Å²) in [5.41, 5.74) is -0.182. The van der Waals surface area contributed by atoms with E-state index >= 15 is 0 Å². The molecule has 2 fully saturated rings. The Bertz CT molecular complexity index is 399. The average Bonchev–Trinajstić information content (AvgIpc) is 2.15. The predicted octanol–water partition coefficient (Wildman–Crippen LogP) is 2.79. The van der Waals surface area contributed by atoms with Gasteiger partial charge in [-0.25, -0.2) is 4.79 Å². The molecule has 1 atom stereocenters. The van der Waals surface area contributed by atoms with Crippen LogP contribution in [0.2, 0.25) is 0 Å². The van der Waals surface area contributed by atoms with Gasteiger partial charge in [0.25, 0.3) is 0 Å². The number of alkyl carbamates (subject to hydrolysis) is 1. The van der Waals surface area contributed by atoms with Crippen molar-refractivity contribution in [2.45, 2.75) is 65.0 Å². The minimum atomic E-state index is -0.701. The third kappa shape index (κ3) is 3.25. The van der Waals surface area contributed by atoms with E-state index in [0.717, 1.165) is 25.7 Å². The van der Waals surface area contributed by atoms with Crippen molar-refractivity contribution in [2.75, 3.05) is 0 Å². The number of amides is 1. The Morgan fingerprint density at radius 1 is 1.25 bits per heavy atom. The maximum atomic E-state index is 11.6. The molecule has 0 aromatic carbocycles. The molecule has 2 N–H and O–H groups in total. The first-order valence-electron chi connectivity index (χ1n) is 7.33. The van der Waals surface area contributed by atoms with E-state index in [-0.39, 0.29) is 23.5 Å². The molecule has 2 rings (SSSR count). The lowest BCUT2D eigenvalue weighted by Crippen LogP contribution is -2.57. The summed E-state index contributed by atoms with van der Waals surface area (Å²) < 4.78 is 5.23. The SMILES string of the molecule is CC(C(=O)O)C1CC2(CC(NC(=O)OC(C)(C)C)C2)C1. The summed E-state index contributed by atoms with van der Waals surface area (Å²) in [5, 5.41) is 11.9. The minimum absolute atomic E-state index is 0.186. The van der Waals surface area contributed by atoms with Gasteiger partial charge in [-0.1, -0.05) is 6.92 Å². The van der Waals surface area contributed by atoms with E-state index in [0.29, 0.717) is 5.92 Å². The quantitative estimate of drug-likeness (QED) is 0.835. The van der Waals surface area contributed by atoms with Crippen molar-refractivity contribution in [3.05, 3.63) is 0 Å². The Morgan fingerprint density at radius 2 is 1.80 bits per heavy atom. The van der Waals surface area contributed by atoms with Gasteiger partial charge in [0.05, 0.1) is 5.92 Å². The molecule has 0 aliphatic heterocycles. The summed E-state index contributed by atoms with van der Waals surface area (Å²) in [6.45, 7) is 7.32. The van der Waals surface area contributed by atoms with Crippen molar-refractivity contribution in [2.24, 2.45) is 17.3 Å². The number of carboxylic acids is 1. The molecule has 5 heteroatoms. The maximum Gasteiger partial charge on any atom is 0.407 e. The average molecular weight is 283 g/mol. The van der Waals surface area contributed by atoms with Gasteiger partial charge in [0.1, 0.15) is 5.60 Å². The fraction of sp³-hybridized carbons (Fsp3) is 0.867. The topological polar surface area (TPSA) is 75.6 Å². The molecule has 0 saturated heterocycles. The lowest BCUT2D eigenvalue weighted by atomic mass is 9.48. The molecule has 2 saturated carbocycles. The number of carbonyl (C=O) groups is 2. The largest absolute Gasteiger partial charge is 0.481 e. The van der Waals surface area contributed by atoms with Crippen LogP contribution in [0.1, 0.15) is 53.4 Å². The fourth-order valence-electron chi connectivity index (χ4n) is 3.50. The molecule has 1 amide bonds. The van der Waals surface area contributed by atoms with Crippen molar-refractivity contribution in [3.63, 3.8) is 0 Å². The van der Waals surface area contributed by atoms with Gasteiger partial charge in [-0.2, -0.15) is 0 Å². The molecular formula is C15H25NO4. The Labute approximate surface area is 120 Å². The highest BCUT2D eigenvalue weighted by Crippen LogP contribution is 2.60. The number of nitrogens with one attached hydrogen (secondary N) is 1. The molecule has 20 heavy (non-hydrogen) atoms. The van der Waals surface area contributed by atoms with Crippen molar-refractivity contribution in [1.29, 1.82) is 0 Å². The van der Waals surface area contributed by atoms with E-state index in [1.807, 2.05) is 20.8 Å². The Morgan fingerprint density at radius 3 is 2.25 bits per heavy atom. The molecule has 5 nitrogen and oxygen atoms in total. The van der Waals surface area contributed by atoms with Crippen LogP contribution >= 0.6 is 0 Å². The number of hydrogen-bond acceptors (Lipinski definition) is 3. The number of ether oxygens (including phenoxy) is 1. The Hall–Kier alpha value is -1.26. The zero-order valence-electron chi connectivity index (χ0n) is 12.7. The number of carboxylic acid groups (broad SMARTS) is 1. The van der Waals surface area contributed by atoms with E-state index < -0.39 is 11.6 Å². The summed E-state index contributed by atoms with van der Waals surface area (Å²) in [5.74, 6) is -0.652. The van der Waals surface area contributed by atoms with Crippen LogP contribution in [0.15, 0.2) is 0 Å². The number of carbonyl (C=O) groups excluding carboxylic acids is 1. The highest BCUT2D eigenvalue weighted by Gasteiger charge is 2.55. The molecule has 0 aromatic heterocycles. The standard InChI is InChI=1S/C15H25NO4/c1-9(12(17)18)10-5-15(6-10)7-11(8-15)16-13(19)20-14(2,3)4/h9-11H,5-8H2,1-4H3,(H,16,19)(H,17,18). The summed E-state index contributed by atoms with van der Waals surface area (Å²) in [6.07, 6.45) is 3.51. The van der Waals surface area contributed by atoms with Crippen LogP contribution in [0.4, 0.5) is 4.79 Å². The summed E-state index contributed by atoms with van der Waals surface area (Å²) in [7, 11) is 0. The number of rotatable bonds is 3. The lowest BCUT2D eigenvalue weighted by molar-refractivity contribution is -0.149. The van der Waals surface area contributed by atoms with Crippen LogP contribution in [0.3, 0.4) is 0 Å². The molecule has 2 aliphatic rings. The molecule has 0 radical (unpaired) electrons. The van der Waals surface area contributed by atoms with Gasteiger partial charge in [0, 0.05) is 6.04 Å². The van der Waals surface area contributed by atoms with E-state index in [9.17, 15) is 9.59 Å². The normalized spacial score (nSPS) is 33.8. The first-order chi connectivity index (χ1) is 9.10. The second-order valence-electron chi connectivity index (χ2n) is 7.55. The second-order valence-corrected chi connectivity index (χ2v) is 7.55. The van der Waals surface area contributed by atoms with Crippen molar-refractivity contribution in [1.82, 2.24) is 5.32 Å². The molecule has 114 valence electrons.